The zero-order valence-electron chi connectivity index (χ0n) is 16.6. The van der Waals surface area contributed by atoms with Crippen LogP contribution in [0.4, 0.5) is 4.39 Å². The van der Waals surface area contributed by atoms with Crippen molar-refractivity contribution in [2.75, 3.05) is 19.6 Å². The van der Waals surface area contributed by atoms with Crippen LogP contribution in [-0.2, 0) is 29.0 Å². The SMILES string of the molecule is CC(=O)N1CCc2nc(C3CCCN(C(=O)Cc4ccccc4F)C3)ncc2C1. The number of carbonyl (C=O) groups is 2. The lowest BCUT2D eigenvalue weighted by atomic mass is 9.95. The van der Waals surface area contributed by atoms with Crippen LogP contribution in [0.2, 0.25) is 0 Å². The van der Waals surface area contributed by atoms with Crippen molar-refractivity contribution in [1.29, 1.82) is 0 Å². The van der Waals surface area contributed by atoms with Gasteiger partial charge in [0.25, 0.3) is 0 Å². The Morgan fingerprint density at radius 2 is 2.03 bits per heavy atom. The average Bonchev–Trinajstić information content (AvgIpc) is 2.74. The summed E-state index contributed by atoms with van der Waals surface area (Å²) in [6.07, 6.45) is 4.44. The topological polar surface area (TPSA) is 66.4 Å². The van der Waals surface area contributed by atoms with Crippen LogP contribution in [-0.4, -0.2) is 51.2 Å². The molecule has 29 heavy (non-hydrogen) atoms. The van der Waals surface area contributed by atoms with Gasteiger partial charge in [-0.3, -0.25) is 9.59 Å². The molecular weight excluding hydrogens is 371 g/mol. The summed E-state index contributed by atoms with van der Waals surface area (Å²) in [6, 6.07) is 6.42. The maximum atomic E-state index is 13.9. The van der Waals surface area contributed by atoms with E-state index in [4.69, 9.17) is 4.98 Å². The van der Waals surface area contributed by atoms with E-state index in [0.29, 0.717) is 31.7 Å². The number of benzene rings is 1. The van der Waals surface area contributed by atoms with Gasteiger partial charge in [-0.05, 0) is 24.5 Å². The first-order chi connectivity index (χ1) is 14.0. The molecule has 2 aliphatic rings. The smallest absolute Gasteiger partial charge is 0.227 e. The van der Waals surface area contributed by atoms with Gasteiger partial charge in [-0.1, -0.05) is 18.2 Å². The molecule has 0 radical (unpaired) electrons. The number of nitrogens with zero attached hydrogens (tertiary/aromatic N) is 4. The van der Waals surface area contributed by atoms with Gasteiger partial charge in [-0.2, -0.15) is 0 Å². The van der Waals surface area contributed by atoms with Crippen molar-refractivity contribution in [3.05, 3.63) is 58.9 Å². The fourth-order valence-electron chi connectivity index (χ4n) is 4.13. The van der Waals surface area contributed by atoms with Crippen LogP contribution in [0.25, 0.3) is 0 Å². The Bertz CT molecular complexity index is 933. The maximum Gasteiger partial charge on any atom is 0.227 e. The Labute approximate surface area is 169 Å². The number of rotatable bonds is 3. The number of fused-ring (bicyclic) bond motifs is 1. The van der Waals surface area contributed by atoms with E-state index < -0.39 is 0 Å². The largest absolute Gasteiger partial charge is 0.342 e. The summed E-state index contributed by atoms with van der Waals surface area (Å²) in [6.45, 7) is 4.06. The van der Waals surface area contributed by atoms with Gasteiger partial charge in [0.2, 0.25) is 11.8 Å². The summed E-state index contributed by atoms with van der Waals surface area (Å²) in [7, 11) is 0. The zero-order valence-corrected chi connectivity index (χ0v) is 16.6. The molecule has 2 aromatic rings. The third-order valence-corrected chi connectivity index (χ3v) is 5.84. The van der Waals surface area contributed by atoms with Crippen LogP contribution < -0.4 is 0 Å². The second kappa shape index (κ2) is 8.27. The summed E-state index contributed by atoms with van der Waals surface area (Å²) in [4.78, 5) is 37.2. The highest BCUT2D eigenvalue weighted by Crippen LogP contribution is 2.27. The quantitative estimate of drug-likeness (QED) is 0.800. The molecule has 2 amide bonds. The number of hydrogen-bond donors (Lipinski definition) is 0. The molecule has 1 aromatic carbocycles. The minimum absolute atomic E-state index is 0.0603. The maximum absolute atomic E-state index is 13.9. The fourth-order valence-corrected chi connectivity index (χ4v) is 4.13. The van der Waals surface area contributed by atoms with Crippen molar-refractivity contribution in [3.63, 3.8) is 0 Å². The predicted molar refractivity (Wildman–Crippen MR) is 105 cm³/mol. The molecule has 0 bridgehead atoms. The van der Waals surface area contributed by atoms with Crippen LogP contribution in [0.5, 0.6) is 0 Å². The average molecular weight is 396 g/mol. The Kier molecular flexibility index (Phi) is 5.56. The van der Waals surface area contributed by atoms with Gasteiger partial charge < -0.3 is 9.80 Å². The van der Waals surface area contributed by atoms with Crippen LogP contribution in [0.1, 0.15) is 48.3 Å². The highest BCUT2D eigenvalue weighted by Gasteiger charge is 2.28. The van der Waals surface area contributed by atoms with Crippen molar-refractivity contribution in [2.24, 2.45) is 0 Å². The van der Waals surface area contributed by atoms with E-state index in [1.165, 1.54) is 6.07 Å². The molecule has 4 rings (SSSR count). The fraction of sp³-hybridized carbons (Fsp3) is 0.455. The molecule has 0 aliphatic carbocycles. The molecule has 1 unspecified atom stereocenters. The van der Waals surface area contributed by atoms with Gasteiger partial charge in [-0.25, -0.2) is 14.4 Å². The van der Waals surface area contributed by atoms with Crippen LogP contribution >= 0.6 is 0 Å². The van der Waals surface area contributed by atoms with Gasteiger partial charge in [0, 0.05) is 57.2 Å². The van der Waals surface area contributed by atoms with Gasteiger partial charge >= 0.3 is 0 Å². The molecule has 0 saturated carbocycles. The number of likely N-dealkylation sites (tertiary alicyclic amines) is 1. The van der Waals surface area contributed by atoms with Crippen LogP contribution in [0.3, 0.4) is 0 Å². The first-order valence-corrected chi connectivity index (χ1v) is 10.1. The summed E-state index contributed by atoms with van der Waals surface area (Å²) < 4.78 is 13.9. The van der Waals surface area contributed by atoms with E-state index in [0.717, 1.165) is 36.3 Å². The number of aromatic nitrogens is 2. The van der Waals surface area contributed by atoms with Crippen LogP contribution in [0.15, 0.2) is 30.5 Å². The normalized spacial score (nSPS) is 19.0. The van der Waals surface area contributed by atoms with E-state index >= 15 is 0 Å². The number of halogens is 1. The molecular formula is C22H25FN4O2. The number of hydrogen-bond acceptors (Lipinski definition) is 4. The van der Waals surface area contributed by atoms with Crippen molar-refractivity contribution >= 4 is 11.8 Å². The summed E-state index contributed by atoms with van der Waals surface area (Å²) >= 11 is 0. The number of piperidine rings is 1. The van der Waals surface area contributed by atoms with Crippen molar-refractivity contribution in [1.82, 2.24) is 19.8 Å². The molecule has 1 aromatic heterocycles. The van der Waals surface area contributed by atoms with E-state index in [1.54, 1.807) is 34.9 Å². The Balaban J connectivity index is 1.44. The number of amides is 2. The molecule has 1 fully saturated rings. The van der Waals surface area contributed by atoms with Crippen LogP contribution in [0, 0.1) is 5.82 Å². The third kappa shape index (κ3) is 4.28. The molecule has 2 aliphatic heterocycles. The minimum Gasteiger partial charge on any atom is -0.342 e. The summed E-state index contributed by atoms with van der Waals surface area (Å²) in [5.41, 5.74) is 2.43. The second-order valence-corrected chi connectivity index (χ2v) is 7.84. The van der Waals surface area contributed by atoms with E-state index in [9.17, 15) is 14.0 Å². The molecule has 0 N–H and O–H groups in total. The monoisotopic (exact) mass is 396 g/mol. The molecule has 0 spiro atoms. The lowest BCUT2D eigenvalue weighted by Gasteiger charge is -2.33. The number of carbonyl (C=O) groups excluding carboxylic acids is 2. The first-order valence-electron chi connectivity index (χ1n) is 10.1. The van der Waals surface area contributed by atoms with Crippen molar-refractivity contribution in [3.8, 4) is 0 Å². The minimum atomic E-state index is -0.341. The van der Waals surface area contributed by atoms with Gasteiger partial charge in [0.15, 0.2) is 0 Å². The molecule has 152 valence electrons. The molecule has 3 heterocycles. The standard InChI is InChI=1S/C22H25FN4O2/c1-15(28)26-10-8-20-18(14-26)12-24-22(25-20)17-6-4-9-27(13-17)21(29)11-16-5-2-3-7-19(16)23/h2-3,5,7,12,17H,4,6,8-11,13-14H2,1H3. The predicted octanol–water partition coefficient (Wildman–Crippen LogP) is 2.47. The van der Waals surface area contributed by atoms with E-state index in [1.807, 2.05) is 6.20 Å². The Morgan fingerprint density at radius 3 is 2.83 bits per heavy atom. The third-order valence-electron chi connectivity index (χ3n) is 5.84. The van der Waals surface area contributed by atoms with Crippen molar-refractivity contribution < 1.29 is 14.0 Å². The highest BCUT2D eigenvalue weighted by atomic mass is 19.1. The molecule has 1 atom stereocenters. The first kappa shape index (κ1) is 19.5. The Hall–Kier alpha value is -2.83. The van der Waals surface area contributed by atoms with E-state index in [-0.39, 0.29) is 30.0 Å². The Morgan fingerprint density at radius 1 is 1.21 bits per heavy atom. The summed E-state index contributed by atoms with van der Waals surface area (Å²) in [5.74, 6) is 0.519. The van der Waals surface area contributed by atoms with Crippen molar-refractivity contribution in [2.45, 2.75) is 45.1 Å². The van der Waals surface area contributed by atoms with Gasteiger partial charge in [0.1, 0.15) is 11.6 Å². The lowest BCUT2D eigenvalue weighted by molar-refractivity contribution is -0.132. The lowest BCUT2D eigenvalue weighted by Crippen LogP contribution is -2.40. The van der Waals surface area contributed by atoms with Gasteiger partial charge in [0.05, 0.1) is 12.1 Å². The van der Waals surface area contributed by atoms with E-state index in [2.05, 4.69) is 4.98 Å². The second-order valence-electron chi connectivity index (χ2n) is 7.84. The summed E-state index contributed by atoms with van der Waals surface area (Å²) in [5, 5.41) is 0. The highest BCUT2D eigenvalue weighted by molar-refractivity contribution is 5.79. The molecule has 6 nitrogen and oxygen atoms in total. The molecule has 7 heteroatoms. The zero-order chi connectivity index (χ0) is 20.4. The molecule has 1 saturated heterocycles. The van der Waals surface area contributed by atoms with Gasteiger partial charge in [-0.15, -0.1) is 0 Å².